The number of allylic oxidation sites excluding steroid dienone is 1. The van der Waals surface area contributed by atoms with E-state index in [1.807, 2.05) is 86.6 Å². The molecule has 2 heterocycles. The van der Waals surface area contributed by atoms with Crippen LogP contribution in [0.25, 0.3) is 0 Å². The third kappa shape index (κ3) is 4.48. The SMILES string of the molecule is CC1=C(C(=O)Nc2ccccc2)[C@H](c2ccccc2Cl)n2ncc(C(=O)Nc3cccc(C)c3)c2N1. The van der Waals surface area contributed by atoms with E-state index >= 15 is 0 Å². The molecule has 0 spiro atoms. The standard InChI is InChI=1S/C28H24ClN5O2/c1-17-9-8-12-20(15-17)33-27(35)22-16-30-34-25(21-13-6-7-14-23(21)29)24(18(2)31-26(22)34)28(36)32-19-10-4-3-5-11-19/h3-16,25,31H,1-2H3,(H,32,36)(H,33,35)/t25-/m0/s1. The van der Waals surface area contributed by atoms with Crippen molar-refractivity contribution in [2.45, 2.75) is 19.9 Å². The lowest BCUT2D eigenvalue weighted by Gasteiger charge is -2.30. The summed E-state index contributed by atoms with van der Waals surface area (Å²) in [5.74, 6) is -0.112. The van der Waals surface area contributed by atoms with Gasteiger partial charge in [0.1, 0.15) is 17.4 Å². The van der Waals surface area contributed by atoms with E-state index in [0.717, 1.165) is 5.56 Å². The Hall–Kier alpha value is -4.36. The Kier molecular flexibility index (Phi) is 6.31. The molecule has 4 aromatic rings. The zero-order valence-electron chi connectivity index (χ0n) is 19.7. The van der Waals surface area contributed by atoms with Crippen LogP contribution in [0.2, 0.25) is 5.02 Å². The van der Waals surface area contributed by atoms with Crippen molar-refractivity contribution in [1.29, 1.82) is 0 Å². The van der Waals surface area contributed by atoms with E-state index in [4.69, 9.17) is 11.6 Å². The lowest BCUT2D eigenvalue weighted by molar-refractivity contribution is -0.113. The summed E-state index contributed by atoms with van der Waals surface area (Å²) in [5.41, 5.74) is 4.51. The van der Waals surface area contributed by atoms with E-state index in [0.29, 0.717) is 44.6 Å². The van der Waals surface area contributed by atoms with Crippen LogP contribution in [0.4, 0.5) is 17.2 Å². The quantitative estimate of drug-likeness (QED) is 0.314. The molecule has 1 aromatic heterocycles. The number of nitrogens with one attached hydrogen (secondary N) is 3. The zero-order valence-corrected chi connectivity index (χ0v) is 20.5. The van der Waals surface area contributed by atoms with E-state index in [-0.39, 0.29) is 11.8 Å². The van der Waals surface area contributed by atoms with Crippen molar-refractivity contribution >= 4 is 40.6 Å². The van der Waals surface area contributed by atoms with E-state index in [2.05, 4.69) is 21.0 Å². The number of hydrogen-bond acceptors (Lipinski definition) is 4. The fraction of sp³-hybridized carbons (Fsp3) is 0.107. The molecule has 7 nitrogen and oxygen atoms in total. The van der Waals surface area contributed by atoms with Gasteiger partial charge in [-0.25, -0.2) is 4.68 Å². The molecule has 1 aliphatic rings. The molecule has 2 amide bonds. The van der Waals surface area contributed by atoms with Gasteiger partial charge in [-0.2, -0.15) is 5.10 Å². The van der Waals surface area contributed by atoms with E-state index in [1.54, 1.807) is 10.7 Å². The number of aromatic nitrogens is 2. The van der Waals surface area contributed by atoms with Gasteiger partial charge in [0.15, 0.2) is 0 Å². The molecule has 1 atom stereocenters. The predicted octanol–water partition coefficient (Wildman–Crippen LogP) is 6.02. The smallest absolute Gasteiger partial charge is 0.261 e. The third-order valence-corrected chi connectivity index (χ3v) is 6.36. The van der Waals surface area contributed by atoms with Crippen LogP contribution >= 0.6 is 11.6 Å². The van der Waals surface area contributed by atoms with Crippen LogP contribution in [0.5, 0.6) is 0 Å². The van der Waals surface area contributed by atoms with Gasteiger partial charge in [0.25, 0.3) is 11.8 Å². The van der Waals surface area contributed by atoms with Crippen molar-refractivity contribution in [1.82, 2.24) is 9.78 Å². The summed E-state index contributed by atoms with van der Waals surface area (Å²) in [7, 11) is 0. The minimum absolute atomic E-state index is 0.289. The Morgan fingerprint density at radius 1 is 0.889 bits per heavy atom. The minimum Gasteiger partial charge on any atom is -0.343 e. The number of anilines is 3. The third-order valence-electron chi connectivity index (χ3n) is 6.02. The van der Waals surface area contributed by atoms with Crippen LogP contribution in [-0.2, 0) is 4.79 Å². The molecule has 3 aromatic carbocycles. The average Bonchev–Trinajstić information content (AvgIpc) is 3.28. The highest BCUT2D eigenvalue weighted by molar-refractivity contribution is 6.31. The van der Waals surface area contributed by atoms with Gasteiger partial charge in [-0.15, -0.1) is 0 Å². The molecular weight excluding hydrogens is 474 g/mol. The summed E-state index contributed by atoms with van der Waals surface area (Å²) in [6, 6.07) is 23.5. The number of nitrogens with zero attached hydrogens (tertiary/aromatic N) is 2. The van der Waals surface area contributed by atoms with Crippen molar-refractivity contribution in [2.24, 2.45) is 0 Å². The highest BCUT2D eigenvalue weighted by atomic mass is 35.5. The van der Waals surface area contributed by atoms with Crippen LogP contribution in [0.15, 0.2) is 96.3 Å². The Labute approximate surface area is 213 Å². The zero-order chi connectivity index (χ0) is 25.2. The average molecular weight is 498 g/mol. The highest BCUT2D eigenvalue weighted by Crippen LogP contribution is 2.40. The summed E-state index contributed by atoms with van der Waals surface area (Å²) in [6.45, 7) is 3.77. The summed E-state index contributed by atoms with van der Waals surface area (Å²) in [5, 5.41) is 14.2. The van der Waals surface area contributed by atoms with Crippen molar-refractivity contribution in [3.05, 3.63) is 118 Å². The maximum atomic E-state index is 13.5. The van der Waals surface area contributed by atoms with E-state index in [9.17, 15) is 9.59 Å². The number of carbonyl (C=O) groups is 2. The topological polar surface area (TPSA) is 88.0 Å². The molecule has 0 bridgehead atoms. The lowest BCUT2D eigenvalue weighted by atomic mass is 9.94. The monoisotopic (exact) mass is 497 g/mol. The fourth-order valence-corrected chi connectivity index (χ4v) is 4.58. The first-order valence-corrected chi connectivity index (χ1v) is 11.8. The van der Waals surface area contributed by atoms with Crippen LogP contribution in [0.3, 0.4) is 0 Å². The molecule has 0 unspecified atom stereocenters. The normalized spacial score (nSPS) is 14.6. The van der Waals surface area contributed by atoms with E-state index < -0.39 is 6.04 Å². The summed E-state index contributed by atoms with van der Waals surface area (Å²) in [4.78, 5) is 26.7. The number of fused-ring (bicyclic) bond motifs is 1. The second-order valence-corrected chi connectivity index (χ2v) is 8.99. The van der Waals surface area contributed by atoms with Gasteiger partial charge in [0.2, 0.25) is 0 Å². The Morgan fingerprint density at radius 3 is 2.33 bits per heavy atom. The number of benzene rings is 3. The van der Waals surface area contributed by atoms with Gasteiger partial charge in [0, 0.05) is 27.7 Å². The Morgan fingerprint density at radius 2 is 1.58 bits per heavy atom. The first-order chi connectivity index (χ1) is 17.4. The largest absolute Gasteiger partial charge is 0.343 e. The number of halogens is 1. The molecule has 8 heteroatoms. The molecule has 0 saturated heterocycles. The van der Waals surface area contributed by atoms with Gasteiger partial charge >= 0.3 is 0 Å². The Balaban J connectivity index is 1.56. The van der Waals surface area contributed by atoms with Crippen molar-refractivity contribution in [3.63, 3.8) is 0 Å². The molecular formula is C28H24ClN5O2. The first kappa shape index (κ1) is 23.4. The molecule has 1 aliphatic heterocycles. The lowest BCUT2D eigenvalue weighted by Crippen LogP contribution is -2.32. The molecule has 0 aliphatic carbocycles. The number of aryl methyl sites for hydroxylation is 1. The second kappa shape index (κ2) is 9.71. The Bertz CT molecular complexity index is 1490. The van der Waals surface area contributed by atoms with Gasteiger partial charge in [-0.05, 0) is 49.7 Å². The van der Waals surface area contributed by atoms with Gasteiger partial charge < -0.3 is 16.0 Å². The molecule has 0 fully saturated rings. The number of hydrogen-bond donors (Lipinski definition) is 3. The second-order valence-electron chi connectivity index (χ2n) is 8.58. The summed E-state index contributed by atoms with van der Waals surface area (Å²) >= 11 is 6.60. The molecule has 3 N–H and O–H groups in total. The van der Waals surface area contributed by atoms with Crippen molar-refractivity contribution in [2.75, 3.05) is 16.0 Å². The number of carbonyl (C=O) groups excluding carboxylic acids is 2. The van der Waals surface area contributed by atoms with Crippen LogP contribution in [0, 0.1) is 6.92 Å². The summed E-state index contributed by atoms with van der Waals surface area (Å²) in [6.07, 6.45) is 1.50. The predicted molar refractivity (Wildman–Crippen MR) is 142 cm³/mol. The number of para-hydroxylation sites is 1. The highest BCUT2D eigenvalue weighted by Gasteiger charge is 2.36. The molecule has 0 saturated carbocycles. The molecule has 36 heavy (non-hydrogen) atoms. The molecule has 180 valence electrons. The van der Waals surface area contributed by atoms with Crippen molar-refractivity contribution in [3.8, 4) is 0 Å². The maximum absolute atomic E-state index is 13.5. The summed E-state index contributed by atoms with van der Waals surface area (Å²) < 4.78 is 1.64. The van der Waals surface area contributed by atoms with Crippen molar-refractivity contribution < 1.29 is 9.59 Å². The maximum Gasteiger partial charge on any atom is 0.261 e. The van der Waals surface area contributed by atoms with Gasteiger partial charge in [-0.3, -0.25) is 9.59 Å². The van der Waals surface area contributed by atoms with Crippen LogP contribution in [-0.4, -0.2) is 21.6 Å². The van der Waals surface area contributed by atoms with Gasteiger partial charge in [0.05, 0.1) is 11.8 Å². The van der Waals surface area contributed by atoms with Gasteiger partial charge in [-0.1, -0.05) is 60.1 Å². The number of rotatable bonds is 5. The minimum atomic E-state index is -0.640. The molecule has 5 rings (SSSR count). The first-order valence-electron chi connectivity index (χ1n) is 11.5. The molecule has 0 radical (unpaired) electrons. The van der Waals surface area contributed by atoms with Crippen LogP contribution < -0.4 is 16.0 Å². The van der Waals surface area contributed by atoms with E-state index in [1.165, 1.54) is 6.20 Å². The van der Waals surface area contributed by atoms with Crippen LogP contribution in [0.1, 0.15) is 34.5 Å². The number of amides is 2. The fourth-order valence-electron chi connectivity index (χ4n) is 4.34.